The number of carbonyl (C=O) groups is 1. The summed E-state index contributed by atoms with van der Waals surface area (Å²) in [7, 11) is 0. The third-order valence-electron chi connectivity index (χ3n) is 3.97. The van der Waals surface area contributed by atoms with Crippen LogP contribution in [0.1, 0.15) is 59.8 Å². The lowest BCUT2D eigenvalue weighted by Gasteiger charge is -2.07. The van der Waals surface area contributed by atoms with Crippen molar-refractivity contribution >= 4 is 17.8 Å². The fraction of sp³-hybridized carbons (Fsp3) is 0.650. The molecule has 0 spiro atoms. The van der Waals surface area contributed by atoms with Crippen LogP contribution in [0.15, 0.2) is 33.8 Å². The number of nitrogens with one attached hydrogen (secondary N) is 1. The van der Waals surface area contributed by atoms with Gasteiger partial charge in [0.15, 0.2) is 11.9 Å². The fourth-order valence-electron chi connectivity index (χ4n) is 2.30. The highest BCUT2D eigenvalue weighted by Gasteiger charge is 2.04. The molecule has 27 heavy (non-hydrogen) atoms. The maximum Gasteiger partial charge on any atom is 0.253 e. The molecule has 0 saturated carbocycles. The van der Waals surface area contributed by atoms with Gasteiger partial charge < -0.3 is 17.2 Å². The molecule has 0 aromatic heterocycles. The van der Waals surface area contributed by atoms with E-state index in [4.69, 9.17) is 17.2 Å². The lowest BCUT2D eigenvalue weighted by Crippen LogP contribution is -2.37. The summed E-state index contributed by atoms with van der Waals surface area (Å²) < 4.78 is 0. The van der Waals surface area contributed by atoms with Crippen molar-refractivity contribution in [3.63, 3.8) is 0 Å². The lowest BCUT2D eigenvalue weighted by atomic mass is 9.99. The van der Waals surface area contributed by atoms with Crippen molar-refractivity contribution in [2.75, 3.05) is 13.1 Å². The van der Waals surface area contributed by atoms with Gasteiger partial charge >= 0.3 is 0 Å². The molecule has 0 aromatic carbocycles. The van der Waals surface area contributed by atoms with E-state index in [-0.39, 0.29) is 17.8 Å². The number of aliphatic imine (C=N–C) groups is 2. The molecule has 0 heterocycles. The number of allylic oxidation sites excluding steroid dienone is 3. The molecule has 0 radical (unpaired) electrons. The van der Waals surface area contributed by atoms with E-state index in [1.54, 1.807) is 13.0 Å². The maximum absolute atomic E-state index is 12.1. The predicted molar refractivity (Wildman–Crippen MR) is 115 cm³/mol. The molecular weight excluding hydrogens is 340 g/mol. The van der Waals surface area contributed by atoms with Crippen molar-refractivity contribution in [3.8, 4) is 0 Å². The molecule has 0 unspecified atom stereocenters. The maximum atomic E-state index is 12.1. The van der Waals surface area contributed by atoms with Crippen LogP contribution in [0.25, 0.3) is 0 Å². The summed E-state index contributed by atoms with van der Waals surface area (Å²) in [6.45, 7) is 9.51. The summed E-state index contributed by atoms with van der Waals surface area (Å²) in [4.78, 5) is 20.1. The summed E-state index contributed by atoms with van der Waals surface area (Å²) >= 11 is 0. The fourth-order valence-corrected chi connectivity index (χ4v) is 2.30. The Kier molecular flexibility index (Phi) is 13.5. The Bertz CT molecular complexity index is 545. The van der Waals surface area contributed by atoms with Gasteiger partial charge in [-0.1, -0.05) is 51.8 Å². The first-order valence-corrected chi connectivity index (χ1v) is 9.74. The average molecular weight is 379 g/mol. The Morgan fingerprint density at radius 2 is 1.63 bits per heavy atom. The Balaban J connectivity index is 4.19. The van der Waals surface area contributed by atoms with Crippen molar-refractivity contribution in [2.45, 2.75) is 59.8 Å². The van der Waals surface area contributed by atoms with Gasteiger partial charge in [0.2, 0.25) is 0 Å². The molecule has 0 bridgehead atoms. The molecule has 154 valence electrons. The van der Waals surface area contributed by atoms with Crippen LogP contribution in [0, 0.1) is 11.8 Å². The Labute approximate surface area is 164 Å². The number of hydrogen-bond acceptors (Lipinski definition) is 3. The zero-order valence-corrected chi connectivity index (χ0v) is 17.4. The molecule has 0 aliphatic heterocycles. The molecular formula is C20H38N6O. The highest BCUT2D eigenvalue weighted by atomic mass is 16.1. The first kappa shape index (κ1) is 24.7. The standard InChI is InChI=1S/C20H38N6O/c1-15(2)9-7-10-16(3)11-8-12-17(4)18(27)26-20(23)25-14-6-5-13-24-19(21)22/h8,11-12,15-16H,5-7,9-10,13-14H2,1-4H3,(H4,21,22,24)(H3,23,25,26,27)/b11-8+,17-12+/t16-/m0/s1. The molecule has 1 amide bonds. The van der Waals surface area contributed by atoms with Gasteiger partial charge in [-0.15, -0.1) is 0 Å². The zero-order chi connectivity index (χ0) is 20.7. The molecule has 0 rings (SSSR count). The van der Waals surface area contributed by atoms with E-state index in [2.05, 4.69) is 42.1 Å². The third kappa shape index (κ3) is 15.6. The van der Waals surface area contributed by atoms with Crippen LogP contribution >= 0.6 is 0 Å². The van der Waals surface area contributed by atoms with Crippen LogP contribution < -0.4 is 22.5 Å². The van der Waals surface area contributed by atoms with Gasteiger partial charge in [-0.3, -0.25) is 20.1 Å². The van der Waals surface area contributed by atoms with E-state index in [0.29, 0.717) is 24.6 Å². The second-order valence-electron chi connectivity index (χ2n) is 7.27. The number of guanidine groups is 2. The summed E-state index contributed by atoms with van der Waals surface area (Å²) in [5.74, 6) is 1.22. The van der Waals surface area contributed by atoms with Gasteiger partial charge in [0.1, 0.15) is 0 Å². The molecule has 0 aliphatic rings. The van der Waals surface area contributed by atoms with Crippen LogP contribution in [0.2, 0.25) is 0 Å². The van der Waals surface area contributed by atoms with E-state index in [1.165, 1.54) is 12.8 Å². The van der Waals surface area contributed by atoms with Gasteiger partial charge in [0, 0.05) is 18.7 Å². The van der Waals surface area contributed by atoms with Crippen LogP contribution in [0.4, 0.5) is 0 Å². The summed E-state index contributed by atoms with van der Waals surface area (Å²) in [6.07, 6.45) is 11.1. The minimum absolute atomic E-state index is 0.0894. The smallest absolute Gasteiger partial charge is 0.253 e. The van der Waals surface area contributed by atoms with E-state index in [0.717, 1.165) is 25.2 Å². The molecule has 1 atom stereocenters. The van der Waals surface area contributed by atoms with Crippen LogP contribution in [-0.4, -0.2) is 30.9 Å². The largest absolute Gasteiger partial charge is 0.370 e. The van der Waals surface area contributed by atoms with Gasteiger partial charge in [0.05, 0.1) is 0 Å². The van der Waals surface area contributed by atoms with E-state index in [9.17, 15) is 4.79 Å². The molecule has 7 nitrogen and oxygen atoms in total. The van der Waals surface area contributed by atoms with Gasteiger partial charge in [0.25, 0.3) is 5.91 Å². The normalized spacial score (nSPS) is 13.8. The van der Waals surface area contributed by atoms with Crippen LogP contribution in [-0.2, 0) is 4.79 Å². The van der Waals surface area contributed by atoms with Crippen molar-refractivity contribution in [1.29, 1.82) is 0 Å². The molecule has 0 aliphatic carbocycles. The van der Waals surface area contributed by atoms with Crippen molar-refractivity contribution < 1.29 is 4.79 Å². The summed E-state index contributed by atoms with van der Waals surface area (Å²) in [5.41, 5.74) is 16.8. The van der Waals surface area contributed by atoms with Crippen molar-refractivity contribution in [2.24, 2.45) is 39.0 Å². The number of nitrogens with zero attached hydrogens (tertiary/aromatic N) is 2. The highest BCUT2D eigenvalue weighted by Crippen LogP contribution is 2.13. The highest BCUT2D eigenvalue weighted by molar-refractivity contribution is 6.04. The topological polar surface area (TPSA) is 132 Å². The van der Waals surface area contributed by atoms with E-state index < -0.39 is 0 Å². The second kappa shape index (κ2) is 14.8. The Hall–Kier alpha value is -2.31. The van der Waals surface area contributed by atoms with Crippen LogP contribution in [0.3, 0.4) is 0 Å². The number of rotatable bonds is 12. The molecule has 0 saturated heterocycles. The van der Waals surface area contributed by atoms with Gasteiger partial charge in [-0.25, -0.2) is 0 Å². The summed E-state index contributed by atoms with van der Waals surface area (Å²) in [6, 6.07) is 0. The van der Waals surface area contributed by atoms with Gasteiger partial charge in [-0.05, 0) is 38.0 Å². The number of nitrogens with two attached hydrogens (primary N) is 3. The monoisotopic (exact) mass is 378 g/mol. The minimum atomic E-state index is -0.242. The SMILES string of the molecule is C/C(=C\C=C\[C@@H](C)CCCC(C)C)C(=O)NC(N)=NCCCCN=C(N)N. The molecule has 7 heteroatoms. The predicted octanol–water partition coefficient (Wildman–Crippen LogP) is 2.44. The van der Waals surface area contributed by atoms with Crippen LogP contribution in [0.5, 0.6) is 0 Å². The molecule has 0 fully saturated rings. The second-order valence-corrected chi connectivity index (χ2v) is 7.27. The Morgan fingerprint density at radius 3 is 2.22 bits per heavy atom. The quantitative estimate of drug-likeness (QED) is 0.136. The lowest BCUT2D eigenvalue weighted by molar-refractivity contribution is -0.116. The molecule has 7 N–H and O–H groups in total. The average Bonchev–Trinajstić information content (AvgIpc) is 2.57. The third-order valence-corrected chi connectivity index (χ3v) is 3.97. The number of carbonyl (C=O) groups excluding carboxylic acids is 1. The van der Waals surface area contributed by atoms with Gasteiger partial charge in [-0.2, -0.15) is 0 Å². The Morgan fingerprint density at radius 1 is 1.00 bits per heavy atom. The van der Waals surface area contributed by atoms with E-state index >= 15 is 0 Å². The number of amides is 1. The van der Waals surface area contributed by atoms with E-state index in [1.807, 2.05) is 6.08 Å². The number of hydrogen-bond donors (Lipinski definition) is 4. The zero-order valence-electron chi connectivity index (χ0n) is 17.4. The van der Waals surface area contributed by atoms with Crippen molar-refractivity contribution in [3.05, 3.63) is 23.8 Å². The summed E-state index contributed by atoms with van der Waals surface area (Å²) in [5, 5.41) is 2.59. The minimum Gasteiger partial charge on any atom is -0.370 e. The number of unbranched alkanes of at least 4 members (excludes halogenated alkanes) is 1. The van der Waals surface area contributed by atoms with Crippen molar-refractivity contribution in [1.82, 2.24) is 5.32 Å². The molecule has 0 aromatic rings. The first-order valence-electron chi connectivity index (χ1n) is 9.74. The first-order chi connectivity index (χ1) is 12.7.